The van der Waals surface area contributed by atoms with Crippen LogP contribution in [0.25, 0.3) is 33.8 Å². The average Bonchev–Trinajstić information content (AvgIpc) is 1.57. The highest BCUT2D eigenvalue weighted by molar-refractivity contribution is 6.66. The number of rotatable bonds is 17. The molecule has 3 saturated carbocycles. The third-order valence-corrected chi connectivity index (χ3v) is 20.6. The van der Waals surface area contributed by atoms with Crippen molar-refractivity contribution in [3.8, 4) is 33.8 Å². The number of nitrogen functional groups attached to an aromatic ring is 3. The molecule has 9 aromatic rings. The van der Waals surface area contributed by atoms with Gasteiger partial charge in [-0.25, -0.2) is 18.8 Å². The molecule has 31 heteroatoms. The molecule has 3 aliphatic heterocycles. The van der Waals surface area contributed by atoms with Crippen molar-refractivity contribution in [2.45, 2.75) is 144 Å². The Bertz CT molecular complexity index is 4620. The lowest BCUT2D eigenvalue weighted by Gasteiger charge is -2.45. The fourth-order valence-corrected chi connectivity index (χ4v) is 15.4. The standard InChI is InChI=1S/C26H33N7O3.C24H27N7O2.C21H25N7O.C3H3ClO.3CH4.2ClH/c1-25(2,3)36-24(35)31-10-9-26(16-31)11-19(12-26)33-22(27)20(23(28)34)21(30-33)18-13-29-32(15-18)14-17-7-5-4-6-8-17;1-2-19(32)29-9-8-24(15-29)10-18(11-24)31-22(25)20(23(26)33)21(28-31)17-12-27-30(14-17)13-16-6-4-3-5-7-16;22-19-17(20(23)29)18(26-28(19)16-8-21(9-16)6-7-24-13-21)15-10-25-27(12-15)11-14-4-2-1-3-5-14;1-2-3(4)5;;;;;/h4-8,13,15,19H,9-12,14,16,27H2,1-3H3,(H2,28,34);2-7,12,14,18H,1,8-11,13,15,25H2,(H2,26,33);1-5,10,12,16,24H,6-9,11,13,22H2,(H2,23,29);2H,1H2;3*1H4;2*1H. The van der Waals surface area contributed by atoms with E-state index in [1.807, 2.05) is 140 Å². The van der Waals surface area contributed by atoms with E-state index >= 15 is 0 Å². The van der Waals surface area contributed by atoms with Crippen LogP contribution in [0.3, 0.4) is 0 Å². The molecule has 3 saturated heterocycles. The van der Waals surface area contributed by atoms with Crippen molar-refractivity contribution in [1.29, 1.82) is 0 Å². The number of allylic oxidation sites excluding steroid dienone is 1. The molecule has 5 amide bonds. The topological polar surface area (TPSA) is 393 Å². The molecule has 0 unspecified atom stereocenters. The monoisotopic (exact) mass is 1540 g/mol. The van der Waals surface area contributed by atoms with Crippen molar-refractivity contribution in [2.75, 3.05) is 56.5 Å². The third-order valence-electron chi connectivity index (χ3n) is 20.4. The SMILES string of the molecule is C.C.C.C=CC(=O)Cl.C=CC(=O)N1CCC2(CC(n3nc(-c4cnn(Cc5ccccc5)c4)c(C(N)=O)c3N)C2)C1.CC(C)(C)OC(=O)N1CCC2(CC(n3nc(-c4cnn(Cc5ccccc5)c4)c(C(N)=O)c3N)C2)C1.Cl.Cl.NC(=O)c1c(-c2cnn(Cc3ccccc3)c2)nn(C2CC3(CCNC3)C2)c1N. The zero-order valence-corrected chi connectivity index (χ0v) is 61.3. The lowest BCUT2D eigenvalue weighted by atomic mass is 9.65. The number of amides is 5. The fourth-order valence-electron chi connectivity index (χ4n) is 15.4. The van der Waals surface area contributed by atoms with E-state index in [1.54, 1.807) is 46.9 Å². The second-order valence-corrected chi connectivity index (χ2v) is 29.3. The van der Waals surface area contributed by atoms with E-state index in [4.69, 9.17) is 66.0 Å². The Morgan fingerprint density at radius 3 is 1.15 bits per heavy atom. The number of nitrogens with one attached hydrogen (secondary N) is 1. The number of ether oxygens (including phenoxy) is 1. The molecule has 3 aliphatic carbocycles. The van der Waals surface area contributed by atoms with E-state index in [0.29, 0.717) is 72.2 Å². The summed E-state index contributed by atoms with van der Waals surface area (Å²) < 4.78 is 16.2. The molecule has 6 aromatic heterocycles. The van der Waals surface area contributed by atoms with Gasteiger partial charge in [0.25, 0.3) is 17.7 Å². The summed E-state index contributed by atoms with van der Waals surface area (Å²) in [6.07, 6.45) is 21.2. The number of halogens is 3. The lowest BCUT2D eigenvalue weighted by Crippen LogP contribution is -2.43. The molecule has 15 rings (SSSR count). The number of anilines is 3. The summed E-state index contributed by atoms with van der Waals surface area (Å²) in [5, 5.41) is 30.4. The molecule has 0 bridgehead atoms. The number of benzene rings is 3. The summed E-state index contributed by atoms with van der Waals surface area (Å²) >= 11 is 4.71. The van der Waals surface area contributed by atoms with Gasteiger partial charge in [0.1, 0.15) is 56.8 Å². The Morgan fingerprint density at radius 2 is 0.852 bits per heavy atom. The minimum absolute atomic E-state index is 0. The van der Waals surface area contributed by atoms with Crippen molar-refractivity contribution < 1.29 is 33.5 Å². The number of carbonyl (C=O) groups excluding carboxylic acids is 6. The second kappa shape index (κ2) is 35.0. The number of likely N-dealkylation sites (tertiary alicyclic amines) is 2. The second-order valence-electron chi connectivity index (χ2n) is 29.0. The van der Waals surface area contributed by atoms with Crippen LogP contribution in [-0.4, -0.2) is 148 Å². The molecule has 13 N–H and O–H groups in total. The Kier molecular flexibility index (Phi) is 27.5. The number of nitrogens with two attached hydrogens (primary N) is 6. The summed E-state index contributed by atoms with van der Waals surface area (Å²) in [6.45, 7) is 19.0. The Morgan fingerprint density at radius 1 is 0.528 bits per heavy atom. The van der Waals surface area contributed by atoms with Gasteiger partial charge < -0.3 is 54.3 Å². The Labute approximate surface area is 647 Å². The fraction of sp³-hybridized carbons (Fsp3) is 0.403. The molecule has 578 valence electrons. The molecule has 0 atom stereocenters. The van der Waals surface area contributed by atoms with Gasteiger partial charge in [0, 0.05) is 68.0 Å². The minimum atomic E-state index is -0.615. The van der Waals surface area contributed by atoms with Gasteiger partial charge in [0.05, 0.1) is 56.4 Å². The molecule has 28 nitrogen and oxygen atoms in total. The maximum absolute atomic E-state index is 12.5. The van der Waals surface area contributed by atoms with Gasteiger partial charge in [-0.1, -0.05) is 126 Å². The van der Waals surface area contributed by atoms with Crippen LogP contribution in [0.1, 0.15) is 167 Å². The van der Waals surface area contributed by atoms with E-state index in [9.17, 15) is 28.8 Å². The largest absolute Gasteiger partial charge is 0.444 e. The van der Waals surface area contributed by atoms with Gasteiger partial charge in [-0.2, -0.15) is 30.6 Å². The number of nitrogens with zero attached hydrogens (tertiary/aromatic N) is 14. The number of aromatic nitrogens is 12. The number of carbonyl (C=O) groups is 6. The van der Waals surface area contributed by atoms with Crippen LogP contribution >= 0.6 is 36.4 Å². The van der Waals surface area contributed by atoms with Crippen molar-refractivity contribution in [3.63, 3.8) is 0 Å². The first kappa shape index (κ1) is 84.7. The first-order chi connectivity index (χ1) is 49.2. The summed E-state index contributed by atoms with van der Waals surface area (Å²) in [5.41, 5.74) is 43.8. The van der Waals surface area contributed by atoms with Gasteiger partial charge in [0.2, 0.25) is 11.1 Å². The summed E-state index contributed by atoms with van der Waals surface area (Å²) in [6, 6.07) is 30.4. The van der Waals surface area contributed by atoms with Gasteiger partial charge in [0.15, 0.2) is 0 Å². The highest BCUT2D eigenvalue weighted by Gasteiger charge is 2.53. The van der Waals surface area contributed by atoms with Crippen molar-refractivity contribution >= 4 is 88.8 Å². The molecular weight excluding hydrogens is 1440 g/mol. The number of hydrogen-bond donors (Lipinski definition) is 7. The van der Waals surface area contributed by atoms with Crippen molar-refractivity contribution in [3.05, 3.63) is 187 Å². The summed E-state index contributed by atoms with van der Waals surface area (Å²) in [4.78, 5) is 74.3. The molecular formula is C77H102Cl3N21O7. The van der Waals surface area contributed by atoms with E-state index in [-0.39, 0.29) is 116 Å². The van der Waals surface area contributed by atoms with E-state index in [2.05, 4.69) is 33.8 Å². The van der Waals surface area contributed by atoms with Gasteiger partial charge >= 0.3 is 6.09 Å². The Balaban J connectivity index is 0.000000215. The zero-order chi connectivity index (χ0) is 73.1. The maximum atomic E-state index is 12.5. The minimum Gasteiger partial charge on any atom is -0.444 e. The van der Waals surface area contributed by atoms with E-state index in [1.165, 1.54) is 12.5 Å². The zero-order valence-electron chi connectivity index (χ0n) is 58.9. The average molecular weight is 1540 g/mol. The van der Waals surface area contributed by atoms with E-state index < -0.39 is 28.6 Å². The first-order valence-corrected chi connectivity index (χ1v) is 34.8. The molecule has 108 heavy (non-hydrogen) atoms. The summed E-state index contributed by atoms with van der Waals surface area (Å²) in [5.74, 6) is -0.900. The molecule has 9 heterocycles. The van der Waals surface area contributed by atoms with E-state index in [0.717, 1.165) is 106 Å². The number of hydrogen-bond acceptors (Lipinski definition) is 17. The molecule has 6 fully saturated rings. The van der Waals surface area contributed by atoms with Crippen molar-refractivity contribution in [1.82, 2.24) is 73.8 Å². The predicted octanol–water partition coefficient (Wildman–Crippen LogP) is 11.1. The van der Waals surface area contributed by atoms with Crippen LogP contribution < -0.4 is 39.7 Å². The predicted molar refractivity (Wildman–Crippen MR) is 425 cm³/mol. The molecule has 3 spiro atoms. The quantitative estimate of drug-likeness (QED) is 0.0329. The Hall–Kier alpha value is -10.6. The maximum Gasteiger partial charge on any atom is 0.410 e. The smallest absolute Gasteiger partial charge is 0.410 e. The summed E-state index contributed by atoms with van der Waals surface area (Å²) in [7, 11) is 0. The third kappa shape index (κ3) is 18.5. The van der Waals surface area contributed by atoms with Crippen LogP contribution in [0.4, 0.5) is 22.2 Å². The van der Waals surface area contributed by atoms with Gasteiger partial charge in [-0.3, -0.25) is 38.0 Å². The highest BCUT2D eigenvalue weighted by Crippen LogP contribution is 2.57. The molecule has 3 aromatic carbocycles. The van der Waals surface area contributed by atoms with Crippen LogP contribution in [0, 0.1) is 16.2 Å². The van der Waals surface area contributed by atoms with Crippen LogP contribution in [0.5, 0.6) is 0 Å². The van der Waals surface area contributed by atoms with Crippen LogP contribution in [0.15, 0.2) is 153 Å². The lowest BCUT2D eigenvalue weighted by molar-refractivity contribution is -0.125. The van der Waals surface area contributed by atoms with Crippen LogP contribution in [-0.2, 0) is 34.0 Å². The first-order valence-electron chi connectivity index (χ1n) is 34.4. The highest BCUT2D eigenvalue weighted by atomic mass is 35.5. The molecule has 0 radical (unpaired) electrons. The number of primary amides is 3. The van der Waals surface area contributed by atoms with Gasteiger partial charge in [-0.15, -0.1) is 24.8 Å². The van der Waals surface area contributed by atoms with Gasteiger partial charge in [-0.05, 0) is 142 Å². The van der Waals surface area contributed by atoms with Crippen molar-refractivity contribution in [2.24, 2.45) is 33.4 Å². The molecule has 6 aliphatic rings. The van der Waals surface area contributed by atoms with Crippen LogP contribution in [0.2, 0.25) is 0 Å². The normalized spacial score (nSPS) is 20.4.